The van der Waals surface area contributed by atoms with Crippen LogP contribution in [0.3, 0.4) is 0 Å². The maximum absolute atomic E-state index is 2.56. The number of benzene rings is 3. The van der Waals surface area contributed by atoms with Crippen molar-refractivity contribution in [2.75, 3.05) is 6.54 Å². The highest BCUT2D eigenvalue weighted by molar-refractivity contribution is 5.22. The Bertz CT molecular complexity index is 749. The van der Waals surface area contributed by atoms with Crippen LogP contribution in [0.25, 0.3) is 0 Å². The normalized spacial score (nSPS) is 11.0. The largest absolute Gasteiger partial charge is 0.295 e. The summed E-state index contributed by atoms with van der Waals surface area (Å²) in [5.74, 6) is 0. The molecule has 0 spiro atoms. The molecule has 1 nitrogen and oxygen atoms in total. The van der Waals surface area contributed by atoms with E-state index in [4.69, 9.17) is 0 Å². The molecule has 128 valence electrons. The van der Waals surface area contributed by atoms with Gasteiger partial charge in [0.05, 0.1) is 0 Å². The van der Waals surface area contributed by atoms with Crippen LogP contribution in [-0.2, 0) is 19.5 Å². The minimum atomic E-state index is 1.00. The SMILES string of the molecule is Cc1cccc(CN(CCCc2ccccc2)Cc2ccccc2)c1. The Hall–Kier alpha value is -2.38. The Balaban J connectivity index is 1.63. The molecule has 0 aromatic heterocycles. The van der Waals surface area contributed by atoms with E-state index in [1.807, 2.05) is 0 Å². The first-order chi connectivity index (χ1) is 12.3. The van der Waals surface area contributed by atoms with Gasteiger partial charge in [-0.2, -0.15) is 0 Å². The van der Waals surface area contributed by atoms with Crippen LogP contribution in [-0.4, -0.2) is 11.4 Å². The van der Waals surface area contributed by atoms with Crippen LogP contribution >= 0.6 is 0 Å². The van der Waals surface area contributed by atoms with Gasteiger partial charge in [0.15, 0.2) is 0 Å². The number of hydrogen-bond acceptors (Lipinski definition) is 1. The lowest BCUT2D eigenvalue weighted by atomic mass is 10.1. The highest BCUT2D eigenvalue weighted by Gasteiger charge is 2.07. The Morgan fingerprint density at radius 2 is 1.24 bits per heavy atom. The smallest absolute Gasteiger partial charge is 0.0237 e. The lowest BCUT2D eigenvalue weighted by Crippen LogP contribution is -2.24. The van der Waals surface area contributed by atoms with E-state index in [9.17, 15) is 0 Å². The molecule has 0 aliphatic rings. The van der Waals surface area contributed by atoms with Gasteiger partial charge in [0.2, 0.25) is 0 Å². The molecule has 0 N–H and O–H groups in total. The molecule has 25 heavy (non-hydrogen) atoms. The summed E-state index contributed by atoms with van der Waals surface area (Å²) < 4.78 is 0. The molecule has 1 heteroatoms. The van der Waals surface area contributed by atoms with Gasteiger partial charge < -0.3 is 0 Å². The van der Waals surface area contributed by atoms with E-state index in [0.29, 0.717) is 0 Å². The predicted octanol–water partition coefficient (Wildman–Crippen LogP) is 5.63. The Morgan fingerprint density at radius 3 is 1.92 bits per heavy atom. The van der Waals surface area contributed by atoms with Crippen molar-refractivity contribution in [1.82, 2.24) is 4.90 Å². The highest BCUT2D eigenvalue weighted by Crippen LogP contribution is 2.13. The zero-order valence-corrected chi connectivity index (χ0v) is 15.1. The summed E-state index contributed by atoms with van der Waals surface area (Å²) in [5, 5.41) is 0. The zero-order chi connectivity index (χ0) is 17.3. The highest BCUT2D eigenvalue weighted by atomic mass is 15.1. The fourth-order valence-electron chi connectivity index (χ4n) is 3.28. The van der Waals surface area contributed by atoms with Crippen molar-refractivity contribution < 1.29 is 0 Å². The molecule has 3 aromatic rings. The van der Waals surface area contributed by atoms with Gasteiger partial charge in [-0.15, -0.1) is 0 Å². The third kappa shape index (κ3) is 5.88. The summed E-state index contributed by atoms with van der Waals surface area (Å²) in [4.78, 5) is 2.56. The Labute approximate surface area is 151 Å². The van der Waals surface area contributed by atoms with Crippen molar-refractivity contribution in [3.8, 4) is 0 Å². The first-order valence-corrected chi connectivity index (χ1v) is 9.15. The number of aryl methyl sites for hydroxylation is 2. The van der Waals surface area contributed by atoms with E-state index in [1.165, 1.54) is 28.7 Å². The lowest BCUT2D eigenvalue weighted by Gasteiger charge is -2.23. The van der Waals surface area contributed by atoms with Crippen molar-refractivity contribution in [2.45, 2.75) is 32.9 Å². The monoisotopic (exact) mass is 329 g/mol. The maximum Gasteiger partial charge on any atom is 0.0237 e. The first-order valence-electron chi connectivity index (χ1n) is 9.15. The van der Waals surface area contributed by atoms with Crippen LogP contribution in [0.15, 0.2) is 84.9 Å². The van der Waals surface area contributed by atoms with Crippen molar-refractivity contribution >= 4 is 0 Å². The predicted molar refractivity (Wildman–Crippen MR) is 106 cm³/mol. The van der Waals surface area contributed by atoms with Crippen molar-refractivity contribution in [3.63, 3.8) is 0 Å². The molecule has 0 saturated carbocycles. The minimum absolute atomic E-state index is 1.00. The molecule has 0 fully saturated rings. The van der Waals surface area contributed by atoms with Gasteiger partial charge in [0.25, 0.3) is 0 Å². The van der Waals surface area contributed by atoms with Crippen LogP contribution in [0.5, 0.6) is 0 Å². The summed E-state index contributed by atoms with van der Waals surface area (Å²) in [6, 6.07) is 30.5. The third-order valence-electron chi connectivity index (χ3n) is 4.52. The van der Waals surface area contributed by atoms with E-state index in [-0.39, 0.29) is 0 Å². The standard InChI is InChI=1S/C24H27N/c1-21-10-8-15-24(18-21)20-25(19-23-13-6-3-7-14-23)17-9-16-22-11-4-2-5-12-22/h2-8,10-15,18H,9,16-17,19-20H2,1H3. The summed E-state index contributed by atoms with van der Waals surface area (Å²) in [5.41, 5.74) is 5.55. The molecule has 0 unspecified atom stereocenters. The van der Waals surface area contributed by atoms with Crippen LogP contribution in [0.1, 0.15) is 28.7 Å². The molecule has 0 radical (unpaired) electrons. The number of nitrogens with zero attached hydrogens (tertiary/aromatic N) is 1. The molecule has 0 aliphatic heterocycles. The minimum Gasteiger partial charge on any atom is -0.295 e. The van der Waals surface area contributed by atoms with Crippen LogP contribution in [0, 0.1) is 6.92 Å². The second-order valence-electron chi connectivity index (χ2n) is 6.77. The van der Waals surface area contributed by atoms with Gasteiger partial charge >= 0.3 is 0 Å². The summed E-state index contributed by atoms with van der Waals surface area (Å²) in [6.07, 6.45) is 2.32. The van der Waals surface area contributed by atoms with Crippen LogP contribution in [0.4, 0.5) is 0 Å². The molecule has 0 bridgehead atoms. The third-order valence-corrected chi connectivity index (χ3v) is 4.52. The summed E-state index contributed by atoms with van der Waals surface area (Å²) >= 11 is 0. The van der Waals surface area contributed by atoms with Crippen molar-refractivity contribution in [1.29, 1.82) is 0 Å². The molecule has 0 saturated heterocycles. The summed E-state index contributed by atoms with van der Waals surface area (Å²) in [7, 11) is 0. The second kappa shape index (κ2) is 9.19. The molecule has 3 rings (SSSR count). The quantitative estimate of drug-likeness (QED) is 0.517. The Kier molecular flexibility index (Phi) is 6.42. The van der Waals surface area contributed by atoms with E-state index >= 15 is 0 Å². The fraction of sp³-hybridized carbons (Fsp3) is 0.250. The van der Waals surface area contributed by atoms with Crippen molar-refractivity contribution in [3.05, 3.63) is 107 Å². The molecular formula is C24H27N. The zero-order valence-electron chi connectivity index (χ0n) is 15.1. The lowest BCUT2D eigenvalue weighted by molar-refractivity contribution is 0.253. The van der Waals surface area contributed by atoms with Gasteiger partial charge in [-0.3, -0.25) is 4.90 Å². The van der Waals surface area contributed by atoms with Gasteiger partial charge in [-0.25, -0.2) is 0 Å². The van der Waals surface area contributed by atoms with Gasteiger partial charge in [-0.05, 0) is 43.0 Å². The average Bonchev–Trinajstić information content (AvgIpc) is 2.63. The average molecular weight is 329 g/mol. The molecule has 0 heterocycles. The molecular weight excluding hydrogens is 302 g/mol. The van der Waals surface area contributed by atoms with E-state index in [0.717, 1.165) is 26.1 Å². The van der Waals surface area contributed by atoms with Crippen molar-refractivity contribution in [2.24, 2.45) is 0 Å². The molecule has 0 amide bonds. The van der Waals surface area contributed by atoms with Crippen LogP contribution in [0.2, 0.25) is 0 Å². The first kappa shape index (κ1) is 17.4. The van der Waals surface area contributed by atoms with E-state index in [2.05, 4.69) is 96.8 Å². The number of rotatable bonds is 8. The van der Waals surface area contributed by atoms with E-state index in [1.54, 1.807) is 0 Å². The van der Waals surface area contributed by atoms with Gasteiger partial charge in [0, 0.05) is 13.1 Å². The van der Waals surface area contributed by atoms with E-state index < -0.39 is 0 Å². The Morgan fingerprint density at radius 1 is 0.640 bits per heavy atom. The maximum atomic E-state index is 2.56. The number of hydrogen-bond donors (Lipinski definition) is 0. The molecule has 3 aromatic carbocycles. The van der Waals surface area contributed by atoms with Gasteiger partial charge in [-0.1, -0.05) is 90.5 Å². The molecule has 0 atom stereocenters. The second-order valence-corrected chi connectivity index (χ2v) is 6.77. The topological polar surface area (TPSA) is 3.24 Å². The fourth-order valence-corrected chi connectivity index (χ4v) is 3.28. The van der Waals surface area contributed by atoms with Crippen LogP contribution < -0.4 is 0 Å². The van der Waals surface area contributed by atoms with Gasteiger partial charge in [0.1, 0.15) is 0 Å². The summed E-state index contributed by atoms with van der Waals surface area (Å²) in [6.45, 7) is 5.28. The molecule has 0 aliphatic carbocycles.